The summed E-state index contributed by atoms with van der Waals surface area (Å²) in [5, 5.41) is 12.2. The molecule has 1 heterocycles. The Morgan fingerprint density at radius 3 is 2.15 bits per heavy atom. The van der Waals surface area contributed by atoms with E-state index in [4.69, 9.17) is 5.73 Å². The second-order valence-corrected chi connectivity index (χ2v) is 12.3. The van der Waals surface area contributed by atoms with Crippen molar-refractivity contribution in [3.63, 3.8) is 0 Å². The summed E-state index contributed by atoms with van der Waals surface area (Å²) in [4.78, 5) is 73.0. The summed E-state index contributed by atoms with van der Waals surface area (Å²) < 4.78 is 114. The van der Waals surface area contributed by atoms with Gasteiger partial charge in [-0.1, -0.05) is 12.1 Å². The number of benzene rings is 2. The number of esters is 1. The summed E-state index contributed by atoms with van der Waals surface area (Å²) in [5.74, 6) is -19.6. The van der Waals surface area contributed by atoms with Gasteiger partial charge in [0.2, 0.25) is 59.0 Å². The number of hydrogen-bond acceptors (Lipinski definition) is 8. The van der Waals surface area contributed by atoms with Crippen molar-refractivity contribution in [2.45, 2.75) is 63.3 Å². The van der Waals surface area contributed by atoms with E-state index in [9.17, 15) is 63.9 Å². The van der Waals surface area contributed by atoms with Gasteiger partial charge in [-0.2, -0.15) is 22.0 Å². The molecule has 0 aliphatic carbocycles. The monoisotopic (exact) mass is 795 g/mol. The lowest BCUT2D eigenvalue weighted by atomic mass is 9.90. The minimum absolute atomic E-state index is 0.0407. The van der Waals surface area contributed by atoms with Gasteiger partial charge in [0, 0.05) is 25.2 Å². The Balaban J connectivity index is 1.51. The zero-order valence-electron chi connectivity index (χ0n) is 28.8. The molecule has 0 radical (unpaired) electrons. The molecule has 2 aromatic rings. The van der Waals surface area contributed by atoms with Gasteiger partial charge in [-0.25, -0.2) is 18.0 Å². The predicted octanol–water partition coefficient (Wildman–Crippen LogP) is 2.64. The van der Waals surface area contributed by atoms with Crippen LogP contribution in [0.2, 0.25) is 0 Å². The van der Waals surface area contributed by atoms with E-state index in [0.717, 1.165) is 10.5 Å². The van der Waals surface area contributed by atoms with Gasteiger partial charge in [-0.15, -0.1) is 0 Å². The summed E-state index contributed by atoms with van der Waals surface area (Å²) in [6, 6.07) is 2.19. The molecular weight excluding hydrogens is 758 g/mol. The van der Waals surface area contributed by atoms with E-state index in [-0.39, 0.29) is 51.7 Å². The Morgan fingerprint density at radius 2 is 1.55 bits per heavy atom. The molecule has 2 aromatic carbocycles. The lowest BCUT2D eigenvalue weighted by Crippen LogP contribution is -2.52. The molecule has 1 aliphatic rings. The Morgan fingerprint density at radius 1 is 0.909 bits per heavy atom. The van der Waals surface area contributed by atoms with Gasteiger partial charge in [-0.3, -0.25) is 28.9 Å². The fourth-order valence-electron chi connectivity index (χ4n) is 5.53. The van der Waals surface area contributed by atoms with Crippen LogP contribution in [-0.2, 0) is 30.5 Å². The van der Waals surface area contributed by atoms with E-state index >= 15 is 0 Å². The van der Waals surface area contributed by atoms with Gasteiger partial charge in [0.1, 0.15) is 12.1 Å². The minimum atomic E-state index is -4.93. The third-order valence-corrected chi connectivity index (χ3v) is 8.32. The topological polar surface area (TPSA) is 201 Å². The van der Waals surface area contributed by atoms with E-state index in [1.165, 1.54) is 0 Å². The number of anilines is 1. The van der Waals surface area contributed by atoms with Crippen molar-refractivity contribution >= 4 is 41.8 Å². The average molecular weight is 796 g/mol. The van der Waals surface area contributed by atoms with Gasteiger partial charge in [0.15, 0.2) is 0 Å². The number of nitrogens with one attached hydrogen (secondary N) is 5. The van der Waals surface area contributed by atoms with Crippen molar-refractivity contribution in [1.82, 2.24) is 26.2 Å². The highest BCUT2D eigenvalue weighted by atomic mass is 19.4. The van der Waals surface area contributed by atoms with Crippen LogP contribution in [0.5, 0.6) is 5.75 Å². The van der Waals surface area contributed by atoms with Crippen molar-refractivity contribution in [2.75, 3.05) is 31.5 Å². The molecule has 22 heteroatoms. The first-order chi connectivity index (χ1) is 25.9. The minimum Gasteiger partial charge on any atom is -0.420 e. The fraction of sp³-hybridized carbons (Fsp3) is 0.455. The number of rotatable bonds is 18. The van der Waals surface area contributed by atoms with Gasteiger partial charge >= 0.3 is 18.2 Å². The third-order valence-electron chi connectivity index (χ3n) is 8.32. The van der Waals surface area contributed by atoms with Crippen LogP contribution in [0.1, 0.15) is 44.1 Å². The summed E-state index contributed by atoms with van der Waals surface area (Å²) in [6.07, 6.45) is -5.96. The Labute approximate surface area is 307 Å². The zero-order valence-corrected chi connectivity index (χ0v) is 28.8. The summed E-state index contributed by atoms with van der Waals surface area (Å²) in [7, 11) is 0. The van der Waals surface area contributed by atoms with Crippen LogP contribution >= 0.6 is 0 Å². The normalized spacial score (nSPS) is 16.4. The predicted molar refractivity (Wildman–Crippen MR) is 175 cm³/mol. The quantitative estimate of drug-likeness (QED) is 0.0252. The van der Waals surface area contributed by atoms with E-state index < -0.39 is 108 Å². The lowest BCUT2D eigenvalue weighted by Gasteiger charge is -2.39. The Kier molecular flexibility index (Phi) is 16.1. The highest BCUT2D eigenvalue weighted by Crippen LogP contribution is 2.36. The highest BCUT2D eigenvalue weighted by molar-refractivity contribution is 5.97. The highest BCUT2D eigenvalue weighted by Gasteiger charge is 2.48. The molecule has 3 atom stereocenters. The van der Waals surface area contributed by atoms with Gasteiger partial charge < -0.3 is 37.1 Å². The molecule has 0 saturated carbocycles. The molecule has 0 aromatic heterocycles. The van der Waals surface area contributed by atoms with Crippen molar-refractivity contribution in [2.24, 2.45) is 11.7 Å². The maximum Gasteiger partial charge on any atom is 0.404 e. The smallest absolute Gasteiger partial charge is 0.404 e. The molecule has 14 nitrogen and oxygen atoms in total. The molecule has 0 bridgehead atoms. The van der Waals surface area contributed by atoms with Crippen molar-refractivity contribution in [3.8, 4) is 5.75 Å². The number of nitrogens with two attached hydrogens (primary N) is 1. The molecule has 7 N–H and O–H groups in total. The van der Waals surface area contributed by atoms with Crippen molar-refractivity contribution < 1.29 is 68.6 Å². The molecule has 0 spiro atoms. The first-order valence-corrected chi connectivity index (χ1v) is 16.6. The standard InChI is InChI=1S/C33H37F8N7O7/c34-24-25(35)27(37)29(28(38)26(24)36)55-31(53)18-9-12-48(21(13-18)33(39,40)41)11-2-4-22(50)45-15-23(51)47-20(3-1-10-44-32(42)54)30(52)46-19-7-5-17(6-8-19)14-43-16-49/h5-8,16,18,20-21H,1-4,9-15H2,(H,43,49)(H,45,50)(H,46,52)(H,47,51)(H3,42,44,54). The van der Waals surface area contributed by atoms with Gasteiger partial charge in [0.05, 0.1) is 12.5 Å². The van der Waals surface area contributed by atoms with E-state index in [0.29, 0.717) is 12.1 Å². The lowest BCUT2D eigenvalue weighted by molar-refractivity contribution is -0.197. The summed E-state index contributed by atoms with van der Waals surface area (Å²) in [5.41, 5.74) is 6.15. The number of urea groups is 1. The fourth-order valence-corrected chi connectivity index (χ4v) is 5.53. The molecule has 55 heavy (non-hydrogen) atoms. The number of amides is 6. The Hall–Kier alpha value is -5.54. The number of alkyl halides is 3. The van der Waals surface area contributed by atoms with Crippen LogP contribution in [0.4, 0.5) is 45.6 Å². The average Bonchev–Trinajstić information content (AvgIpc) is 3.14. The van der Waals surface area contributed by atoms with Gasteiger partial charge in [0.25, 0.3) is 0 Å². The maximum absolute atomic E-state index is 14.0. The third kappa shape index (κ3) is 13.1. The summed E-state index contributed by atoms with van der Waals surface area (Å²) in [6.45, 7) is -1.00. The number of halogens is 8. The first kappa shape index (κ1) is 43.9. The van der Waals surface area contributed by atoms with Crippen LogP contribution in [0.25, 0.3) is 0 Å². The number of nitrogens with zero attached hydrogens (tertiary/aromatic N) is 1. The molecule has 302 valence electrons. The van der Waals surface area contributed by atoms with Crippen LogP contribution < -0.4 is 37.1 Å². The maximum atomic E-state index is 14.0. The zero-order chi connectivity index (χ0) is 40.9. The van der Waals surface area contributed by atoms with Gasteiger partial charge in [-0.05, 0) is 62.9 Å². The number of piperidine rings is 1. The SMILES string of the molecule is NC(=O)NCCCC(NC(=O)CNC(=O)CCCN1CCC(C(=O)Oc2c(F)c(F)c(F)c(F)c2F)CC1C(F)(F)F)C(=O)Nc1ccc(CNC=O)cc1. The number of carbonyl (C=O) groups excluding carboxylic acids is 6. The number of primary amides is 1. The second kappa shape index (κ2) is 20.2. The number of hydrogen-bond donors (Lipinski definition) is 6. The summed E-state index contributed by atoms with van der Waals surface area (Å²) >= 11 is 0. The van der Waals surface area contributed by atoms with Crippen LogP contribution in [0.3, 0.4) is 0 Å². The Bertz CT molecular complexity index is 1690. The van der Waals surface area contributed by atoms with Crippen molar-refractivity contribution in [3.05, 3.63) is 58.9 Å². The molecule has 1 saturated heterocycles. The number of ether oxygens (including phenoxy) is 1. The van der Waals surface area contributed by atoms with Crippen LogP contribution in [0.15, 0.2) is 24.3 Å². The molecular formula is C33H37F8N7O7. The largest absolute Gasteiger partial charge is 0.420 e. The first-order valence-electron chi connectivity index (χ1n) is 16.6. The van der Waals surface area contributed by atoms with Crippen LogP contribution in [-0.4, -0.2) is 85.5 Å². The number of likely N-dealkylation sites (tertiary alicyclic amines) is 1. The second-order valence-electron chi connectivity index (χ2n) is 12.3. The van der Waals surface area contributed by atoms with E-state index in [1.807, 2.05) is 0 Å². The molecule has 3 rings (SSSR count). The van der Waals surface area contributed by atoms with Crippen LogP contribution in [0, 0.1) is 35.0 Å². The van der Waals surface area contributed by atoms with Crippen molar-refractivity contribution in [1.29, 1.82) is 0 Å². The number of carbonyl (C=O) groups is 6. The molecule has 6 amide bonds. The molecule has 1 aliphatic heterocycles. The van der Waals surface area contributed by atoms with E-state index in [2.05, 4.69) is 31.3 Å². The molecule has 1 fully saturated rings. The van der Waals surface area contributed by atoms with E-state index in [1.54, 1.807) is 24.3 Å². The molecule has 3 unspecified atom stereocenters.